The lowest BCUT2D eigenvalue weighted by Crippen LogP contribution is -2.32. The Balaban J connectivity index is 1.76. The molecule has 0 saturated heterocycles. The normalized spacial score (nSPS) is 22.4. The SMILES string of the molecule is CC1=C=C(N(C#N)C2CCCCC2)C=CC(N(C)C2CCCCC2)=C1. The standard InChI is InChI=1S/C22H31N3/c1-18-15-21(24(2)19-9-5-3-6-10-19)13-14-22(16-18)25(17-23)20-11-7-4-8-12-20/h13-15,19-20H,3-12H2,1-2H3. The molecule has 25 heavy (non-hydrogen) atoms. The average molecular weight is 338 g/mol. The fraction of sp³-hybridized carbons (Fsp3) is 0.636. The summed E-state index contributed by atoms with van der Waals surface area (Å²) in [7, 11) is 2.22. The maximum absolute atomic E-state index is 9.73. The van der Waals surface area contributed by atoms with Crippen molar-refractivity contribution in [2.45, 2.75) is 83.2 Å². The van der Waals surface area contributed by atoms with E-state index < -0.39 is 0 Å². The van der Waals surface area contributed by atoms with Crippen LogP contribution in [0.3, 0.4) is 0 Å². The summed E-state index contributed by atoms with van der Waals surface area (Å²) in [6.45, 7) is 2.10. The van der Waals surface area contributed by atoms with E-state index in [0.29, 0.717) is 12.1 Å². The van der Waals surface area contributed by atoms with Crippen LogP contribution in [0.2, 0.25) is 0 Å². The molecule has 0 heterocycles. The minimum absolute atomic E-state index is 0.344. The maximum atomic E-state index is 9.73. The molecule has 0 unspecified atom stereocenters. The second-order valence-corrected chi connectivity index (χ2v) is 7.76. The fourth-order valence-corrected chi connectivity index (χ4v) is 4.42. The second kappa shape index (κ2) is 8.45. The first-order chi connectivity index (χ1) is 12.2. The highest BCUT2D eigenvalue weighted by molar-refractivity contribution is 5.38. The van der Waals surface area contributed by atoms with Gasteiger partial charge in [-0.3, -0.25) is 4.90 Å². The van der Waals surface area contributed by atoms with Gasteiger partial charge in [-0.2, -0.15) is 5.26 Å². The molecule has 3 aliphatic rings. The summed E-state index contributed by atoms with van der Waals surface area (Å²) < 4.78 is 0. The molecule has 3 rings (SSSR count). The van der Waals surface area contributed by atoms with Gasteiger partial charge in [-0.25, -0.2) is 0 Å². The van der Waals surface area contributed by atoms with Crippen LogP contribution in [-0.4, -0.2) is 28.9 Å². The highest BCUT2D eigenvalue weighted by Crippen LogP contribution is 2.28. The first-order valence-corrected chi connectivity index (χ1v) is 9.98. The number of rotatable bonds is 4. The number of nitriles is 1. The van der Waals surface area contributed by atoms with E-state index in [-0.39, 0.29) is 0 Å². The van der Waals surface area contributed by atoms with Crippen LogP contribution in [0.1, 0.15) is 71.1 Å². The number of hydrogen-bond donors (Lipinski definition) is 0. The molecule has 0 aromatic heterocycles. The third-order valence-electron chi connectivity index (χ3n) is 5.94. The molecule has 3 aliphatic carbocycles. The van der Waals surface area contributed by atoms with Gasteiger partial charge in [0.15, 0.2) is 6.19 Å². The fourth-order valence-electron chi connectivity index (χ4n) is 4.42. The van der Waals surface area contributed by atoms with E-state index in [1.807, 2.05) is 4.90 Å². The monoisotopic (exact) mass is 337 g/mol. The van der Waals surface area contributed by atoms with Crippen LogP contribution in [0, 0.1) is 11.5 Å². The summed E-state index contributed by atoms with van der Waals surface area (Å²) >= 11 is 0. The van der Waals surface area contributed by atoms with Crippen LogP contribution in [0.25, 0.3) is 0 Å². The van der Waals surface area contributed by atoms with E-state index in [4.69, 9.17) is 0 Å². The highest BCUT2D eigenvalue weighted by atomic mass is 15.2. The molecule has 3 nitrogen and oxygen atoms in total. The van der Waals surface area contributed by atoms with E-state index >= 15 is 0 Å². The van der Waals surface area contributed by atoms with Gasteiger partial charge in [-0.1, -0.05) is 44.3 Å². The molecular weight excluding hydrogens is 306 g/mol. The minimum Gasteiger partial charge on any atom is -0.372 e. The Bertz CT molecular complexity index is 631. The van der Waals surface area contributed by atoms with Crippen LogP contribution in [0.15, 0.2) is 40.9 Å². The molecule has 0 radical (unpaired) electrons. The minimum atomic E-state index is 0.344. The third-order valence-corrected chi connectivity index (χ3v) is 5.94. The molecule has 0 spiro atoms. The summed E-state index contributed by atoms with van der Waals surface area (Å²) in [4.78, 5) is 4.33. The molecule has 0 amide bonds. The predicted octanol–water partition coefficient (Wildman–Crippen LogP) is 5.25. The van der Waals surface area contributed by atoms with Crippen LogP contribution >= 0.6 is 0 Å². The van der Waals surface area contributed by atoms with Gasteiger partial charge in [0.05, 0.1) is 5.70 Å². The number of nitrogens with zero attached hydrogens (tertiary/aromatic N) is 3. The Hall–Kier alpha value is -1.91. The van der Waals surface area contributed by atoms with Crippen LogP contribution in [-0.2, 0) is 0 Å². The Labute approximate surface area is 153 Å². The number of hydrogen-bond acceptors (Lipinski definition) is 3. The molecule has 0 N–H and O–H groups in total. The zero-order valence-electron chi connectivity index (χ0n) is 15.8. The Morgan fingerprint density at radius 2 is 1.56 bits per heavy atom. The van der Waals surface area contributed by atoms with Crippen LogP contribution in [0.5, 0.6) is 0 Å². The third kappa shape index (κ3) is 4.39. The van der Waals surface area contributed by atoms with E-state index in [0.717, 1.165) is 24.1 Å². The summed E-state index contributed by atoms with van der Waals surface area (Å²) in [5.41, 5.74) is 6.74. The largest absolute Gasteiger partial charge is 0.372 e. The van der Waals surface area contributed by atoms with Crippen molar-refractivity contribution < 1.29 is 0 Å². The van der Waals surface area contributed by atoms with Gasteiger partial charge in [0, 0.05) is 24.8 Å². The van der Waals surface area contributed by atoms with Gasteiger partial charge in [0.1, 0.15) is 0 Å². The summed E-state index contributed by atoms with van der Waals surface area (Å²) in [5, 5.41) is 9.73. The molecule has 2 saturated carbocycles. The van der Waals surface area contributed by atoms with Crippen molar-refractivity contribution in [3.8, 4) is 6.19 Å². The number of likely N-dealkylation sites (N-methyl/N-ethyl adjacent to an activating group) is 1. The number of allylic oxidation sites excluding steroid dienone is 3. The van der Waals surface area contributed by atoms with Gasteiger partial charge >= 0.3 is 0 Å². The Kier molecular flexibility index (Phi) is 6.05. The zero-order valence-corrected chi connectivity index (χ0v) is 15.8. The first-order valence-electron chi connectivity index (χ1n) is 9.98. The predicted molar refractivity (Wildman–Crippen MR) is 102 cm³/mol. The molecule has 0 aromatic carbocycles. The second-order valence-electron chi connectivity index (χ2n) is 7.76. The van der Waals surface area contributed by atoms with Gasteiger partial charge < -0.3 is 4.90 Å². The molecule has 0 aromatic rings. The van der Waals surface area contributed by atoms with Crippen molar-refractivity contribution in [1.82, 2.24) is 9.80 Å². The average Bonchev–Trinajstić information content (AvgIpc) is 2.85. The van der Waals surface area contributed by atoms with Gasteiger partial charge in [0.25, 0.3) is 0 Å². The smallest absolute Gasteiger partial charge is 0.185 e. The van der Waals surface area contributed by atoms with E-state index in [9.17, 15) is 5.26 Å². The van der Waals surface area contributed by atoms with Crippen LogP contribution in [0.4, 0.5) is 0 Å². The van der Waals surface area contributed by atoms with E-state index in [1.165, 1.54) is 57.1 Å². The van der Waals surface area contributed by atoms with Crippen LogP contribution < -0.4 is 0 Å². The van der Waals surface area contributed by atoms with Gasteiger partial charge in [-0.05, 0) is 56.4 Å². The molecule has 3 heteroatoms. The van der Waals surface area contributed by atoms with Gasteiger partial charge in [-0.15, -0.1) is 0 Å². The molecule has 0 aliphatic heterocycles. The molecule has 0 atom stereocenters. The Morgan fingerprint density at radius 1 is 0.960 bits per heavy atom. The zero-order chi connectivity index (χ0) is 17.6. The summed E-state index contributed by atoms with van der Waals surface area (Å²) in [6.07, 6.45) is 21.6. The Morgan fingerprint density at radius 3 is 2.16 bits per heavy atom. The van der Waals surface area contributed by atoms with Crippen molar-refractivity contribution >= 4 is 0 Å². The molecule has 0 bridgehead atoms. The topological polar surface area (TPSA) is 30.3 Å². The summed E-state index contributed by atoms with van der Waals surface area (Å²) in [5.74, 6) is 0. The highest BCUT2D eigenvalue weighted by Gasteiger charge is 2.23. The lowest BCUT2D eigenvalue weighted by Gasteiger charge is -2.33. The molecular formula is C22H31N3. The van der Waals surface area contributed by atoms with Gasteiger partial charge in [0.2, 0.25) is 0 Å². The lowest BCUT2D eigenvalue weighted by molar-refractivity contribution is 0.241. The van der Waals surface area contributed by atoms with Crippen molar-refractivity contribution in [3.63, 3.8) is 0 Å². The molecule has 134 valence electrons. The molecule has 2 fully saturated rings. The van der Waals surface area contributed by atoms with Crippen molar-refractivity contribution in [2.75, 3.05) is 7.05 Å². The summed E-state index contributed by atoms with van der Waals surface area (Å²) in [6, 6.07) is 0.987. The van der Waals surface area contributed by atoms with Crippen molar-refractivity contribution in [2.24, 2.45) is 0 Å². The lowest BCUT2D eigenvalue weighted by atomic mass is 9.94. The van der Waals surface area contributed by atoms with E-state index in [2.05, 4.69) is 49.0 Å². The maximum Gasteiger partial charge on any atom is 0.185 e. The van der Waals surface area contributed by atoms with Crippen molar-refractivity contribution in [1.29, 1.82) is 5.26 Å². The van der Waals surface area contributed by atoms with E-state index in [1.54, 1.807) is 0 Å². The quantitative estimate of drug-likeness (QED) is 0.399. The van der Waals surface area contributed by atoms with Crippen molar-refractivity contribution in [3.05, 3.63) is 40.9 Å². The first kappa shape index (κ1) is 17.9.